The number of hydrogen-bond donors (Lipinski definition) is 1. The molecular weight excluding hydrogens is 1870 g/mol. The highest BCUT2D eigenvalue weighted by Crippen LogP contribution is 2.41. The monoisotopic (exact) mass is 1920 g/mol. The van der Waals surface area contributed by atoms with Gasteiger partial charge in [-0.1, -0.05) is 0 Å². The van der Waals surface area contributed by atoms with Crippen LogP contribution in [0.15, 0.2) is 54.6 Å². The van der Waals surface area contributed by atoms with Gasteiger partial charge in [0.1, 0.15) is 54.8 Å². The van der Waals surface area contributed by atoms with Crippen LogP contribution in [-0.4, -0.2) is 164 Å². The molecule has 0 aromatic heterocycles. The summed E-state index contributed by atoms with van der Waals surface area (Å²) in [4.78, 5) is 83.1. The number of benzene rings is 4. The molecule has 4 aromatic rings. The maximum Gasteiger partial charge on any atom is 0.341 e. The van der Waals surface area contributed by atoms with Crippen LogP contribution < -0.4 is 24.4 Å². The number of esters is 5. The normalized spacial score (nSPS) is 11.0. The molecule has 0 fully saturated rings. The number of hydrogen-bond acceptors (Lipinski definition) is 26. The molecule has 0 bridgehead atoms. The van der Waals surface area contributed by atoms with Crippen molar-refractivity contribution in [2.45, 2.75) is 20.8 Å². The topological polar surface area (TPSA) is 428 Å². The Bertz CT molecular complexity index is 3520. The summed E-state index contributed by atoms with van der Waals surface area (Å²) >= 11 is 11.8. The van der Waals surface area contributed by atoms with Gasteiger partial charge in [-0.05, 0) is 190 Å². The van der Waals surface area contributed by atoms with E-state index in [1.54, 1.807) is 24.3 Å². The predicted molar refractivity (Wildman–Crippen MR) is 339 cm³/mol. The average molecular weight is 1920 g/mol. The number of nitrogens with one attached hydrogen (secondary N) is 1. The van der Waals surface area contributed by atoms with Gasteiger partial charge in [0.25, 0.3) is 0 Å². The minimum absolute atomic E-state index is 0.0133. The van der Waals surface area contributed by atoms with Crippen molar-refractivity contribution >= 4 is 229 Å². The minimum atomic E-state index is -4.53. The van der Waals surface area contributed by atoms with Gasteiger partial charge in [-0.3, -0.25) is 14.4 Å². The Labute approximate surface area is 558 Å². The van der Waals surface area contributed by atoms with E-state index in [0.29, 0.717) is 33.6 Å². The van der Waals surface area contributed by atoms with E-state index in [1.165, 1.54) is 77.3 Å². The van der Waals surface area contributed by atoms with Gasteiger partial charge in [0.05, 0.1) is 114 Å². The molecule has 0 spiro atoms. The average Bonchev–Trinajstić information content (AvgIpc) is 3.56. The van der Waals surface area contributed by atoms with Crippen LogP contribution in [0.3, 0.4) is 0 Å². The summed E-state index contributed by atoms with van der Waals surface area (Å²) in [5.41, 5.74) is 1.18. The first-order valence-corrected chi connectivity index (χ1v) is 34.7. The van der Waals surface area contributed by atoms with Gasteiger partial charge < -0.3 is 61.6 Å². The zero-order valence-electron chi connectivity index (χ0n) is 43.3. The number of amides is 2. The van der Waals surface area contributed by atoms with E-state index in [9.17, 15) is 85.4 Å². The molecule has 0 aliphatic carbocycles. The first-order valence-electron chi connectivity index (χ1n) is 21.9. The van der Waals surface area contributed by atoms with Gasteiger partial charge >= 0.3 is 29.8 Å². The van der Waals surface area contributed by atoms with Crippen LogP contribution in [0.1, 0.15) is 62.2 Å². The molecule has 38 heteroatoms. The predicted octanol–water partition coefficient (Wildman–Crippen LogP) is 5.07. The Morgan fingerprint density at radius 1 is 0.506 bits per heavy atom. The van der Waals surface area contributed by atoms with Crippen LogP contribution >= 0.6 is 136 Å². The number of ether oxygens (including phenoxy) is 7. The molecule has 0 atom stereocenters. The van der Waals surface area contributed by atoms with Crippen LogP contribution in [0.2, 0.25) is 0 Å². The minimum Gasteiger partial charge on any atom is -0.748 e. The number of carbonyl (C=O) groups is 7. The van der Waals surface area contributed by atoms with Gasteiger partial charge in [-0.25, -0.2) is 52.8 Å². The molecule has 0 aliphatic rings. The number of nitrogens with zero attached hydrogens (tertiary/aromatic N) is 1. The van der Waals surface area contributed by atoms with Crippen molar-refractivity contribution < 1.29 is 119 Å². The van der Waals surface area contributed by atoms with E-state index in [-0.39, 0.29) is 39.8 Å². The molecule has 2 amide bonds. The summed E-state index contributed by atoms with van der Waals surface area (Å²) in [6, 6.07) is 13.9. The molecular formula is C45H44I6N2O26S4-4. The number of rotatable bonds is 21. The van der Waals surface area contributed by atoms with E-state index >= 15 is 0 Å². The summed E-state index contributed by atoms with van der Waals surface area (Å²) in [5, 5.41) is 2.63. The lowest BCUT2D eigenvalue weighted by Crippen LogP contribution is -2.27. The number of anilines is 2. The molecule has 28 nitrogen and oxygen atoms in total. The second-order valence-electron chi connectivity index (χ2n) is 15.3. The van der Waals surface area contributed by atoms with E-state index in [0.717, 1.165) is 10.7 Å². The van der Waals surface area contributed by atoms with Crippen molar-refractivity contribution in [1.82, 2.24) is 0 Å². The molecule has 0 aliphatic heterocycles. The molecule has 4 rings (SSSR count). The fourth-order valence-electron chi connectivity index (χ4n) is 5.35. The van der Waals surface area contributed by atoms with Crippen molar-refractivity contribution in [1.29, 1.82) is 0 Å². The van der Waals surface area contributed by atoms with Gasteiger partial charge in [0, 0.05) is 35.0 Å². The zero-order valence-corrected chi connectivity index (χ0v) is 59.5. The molecule has 0 unspecified atom stereocenters. The maximum absolute atomic E-state index is 12.5. The lowest BCUT2D eigenvalue weighted by Gasteiger charge is -2.24. The summed E-state index contributed by atoms with van der Waals surface area (Å²) < 4.78 is 163. The van der Waals surface area contributed by atoms with Crippen LogP contribution in [-0.2, 0) is 73.8 Å². The summed E-state index contributed by atoms with van der Waals surface area (Å²) in [7, 11) is -13.3. The third kappa shape index (κ3) is 30.3. The lowest BCUT2D eigenvalue weighted by molar-refractivity contribution is -0.132. The van der Waals surface area contributed by atoms with Gasteiger partial charge in [-0.2, -0.15) is 0 Å². The molecule has 0 saturated heterocycles. The number of carbonyl (C=O) groups excluding carboxylic acids is 7. The fraction of sp³-hybridized carbons (Fsp3) is 0.311. The van der Waals surface area contributed by atoms with Crippen LogP contribution in [0.4, 0.5) is 11.4 Å². The molecule has 1 N–H and O–H groups in total. The quantitative estimate of drug-likeness (QED) is 0.0374. The Hall–Kier alpha value is -3.21. The maximum atomic E-state index is 12.5. The van der Waals surface area contributed by atoms with Gasteiger partial charge in [-0.15, -0.1) is 0 Å². The van der Waals surface area contributed by atoms with E-state index in [1.807, 2.05) is 113 Å². The van der Waals surface area contributed by atoms with E-state index in [4.69, 9.17) is 18.9 Å². The smallest absolute Gasteiger partial charge is 0.341 e. The van der Waals surface area contributed by atoms with Crippen molar-refractivity contribution in [3.8, 4) is 17.2 Å². The highest BCUT2D eigenvalue weighted by Gasteiger charge is 2.29. The summed E-state index contributed by atoms with van der Waals surface area (Å²) in [6.07, 6.45) is 0. The zero-order chi connectivity index (χ0) is 64.0. The van der Waals surface area contributed by atoms with Crippen molar-refractivity contribution in [2.24, 2.45) is 0 Å². The third-order valence-corrected chi connectivity index (χ3v) is 17.1. The van der Waals surface area contributed by atoms with E-state index < -0.39 is 120 Å². The molecule has 460 valence electrons. The standard InChI is InChI=1S/C14H15I3N2O7S.C11H11IO7S.2C10H11IO6S/c1-6(20)18-12-9(15)8(14(22)26-4-5-27(23,24)25)10(16)13(11(12)17)19(3)7(2)21;1-7(13)19-10-6-8(12)2-3-9(10)11(14)18-4-5-20(15,16)17;1-16-9-6-7(11)2-3-8(9)10(12)17-4-5-18(13,14)15;1-16-9-6-7(2-3-8(9)11)10(12)17-4-5-18(13,14)15/h4-5H2,1-3H3,(H,18,20)(H,23,24,25);2-3,6H,4-5H2,1H3,(H,15,16,17);2*2-3,6H,4-5H2,1H3,(H,13,14,15)/p-4. The number of methoxy groups -OCH3 is 2. The van der Waals surface area contributed by atoms with Gasteiger partial charge in [0.2, 0.25) is 11.8 Å². The Morgan fingerprint density at radius 2 is 0.904 bits per heavy atom. The van der Waals surface area contributed by atoms with Crippen molar-refractivity contribution in [3.05, 3.63) is 98.3 Å². The Kier molecular flexibility index (Phi) is 33.9. The largest absolute Gasteiger partial charge is 0.748 e. The van der Waals surface area contributed by atoms with Crippen LogP contribution in [0, 0.1) is 21.4 Å². The Balaban J connectivity index is 0.000000562. The second-order valence-corrected chi connectivity index (χ2v) is 28.3. The summed E-state index contributed by atoms with van der Waals surface area (Å²) in [5.74, 6) is -6.74. The highest BCUT2D eigenvalue weighted by molar-refractivity contribution is 14.1. The molecule has 0 saturated carbocycles. The Morgan fingerprint density at radius 3 is 1.29 bits per heavy atom. The third-order valence-electron chi connectivity index (χ3n) is 9.06. The molecule has 0 heterocycles. The second kappa shape index (κ2) is 36.2. The molecule has 0 radical (unpaired) electrons. The SMILES string of the molecule is CC(=O)Nc1c(I)c(C(=O)OCCS(=O)(=O)[O-])c(I)c(N(C)C(C)=O)c1I.CC(=O)Oc1cc(I)ccc1C(=O)OCCS(=O)(=O)[O-].COc1cc(C(=O)OCCS(=O)(=O)[O-])ccc1I.COc1cc(I)ccc1C(=O)OCCS(=O)(=O)[O-]. The van der Waals surface area contributed by atoms with E-state index in [2.05, 4.69) is 42.1 Å². The fourth-order valence-corrected chi connectivity index (χ4v) is 12.6. The molecule has 83 heavy (non-hydrogen) atoms. The van der Waals surface area contributed by atoms with Crippen LogP contribution in [0.5, 0.6) is 17.2 Å². The first-order chi connectivity index (χ1) is 38.1. The number of halogens is 6. The van der Waals surface area contributed by atoms with Crippen LogP contribution in [0.25, 0.3) is 0 Å². The van der Waals surface area contributed by atoms with Crippen molar-refractivity contribution in [3.63, 3.8) is 0 Å². The summed E-state index contributed by atoms with van der Waals surface area (Å²) in [6.45, 7) is 1.74. The lowest BCUT2D eigenvalue weighted by atomic mass is 10.1. The highest BCUT2D eigenvalue weighted by atomic mass is 127. The first kappa shape index (κ1) is 77.8. The van der Waals surface area contributed by atoms with Gasteiger partial charge in [0.15, 0.2) is 0 Å². The van der Waals surface area contributed by atoms with Crippen molar-refractivity contribution in [2.75, 3.05) is 80.9 Å². The molecule has 4 aromatic carbocycles.